The van der Waals surface area contributed by atoms with Crippen molar-refractivity contribution in [2.75, 3.05) is 6.61 Å². The van der Waals surface area contributed by atoms with Gasteiger partial charge in [-0.3, -0.25) is 0 Å². The third-order valence-corrected chi connectivity index (χ3v) is 3.72. The average molecular weight is 476 g/mol. The van der Waals surface area contributed by atoms with Crippen LogP contribution in [0.15, 0.2) is 47.6 Å². The first-order valence-electron chi connectivity index (χ1n) is 7.80. The van der Waals surface area contributed by atoms with E-state index >= 15 is 0 Å². The lowest BCUT2D eigenvalue weighted by atomic mass is 10.0. The Bertz CT molecular complexity index is 761. The van der Waals surface area contributed by atoms with Crippen LogP contribution in [-0.2, 0) is 6.54 Å². The van der Waals surface area contributed by atoms with Gasteiger partial charge in [-0.2, -0.15) is 8.78 Å². The highest BCUT2D eigenvalue weighted by molar-refractivity contribution is 14.0. The molecule has 0 saturated heterocycles. The van der Waals surface area contributed by atoms with Crippen molar-refractivity contribution >= 4 is 29.9 Å². The lowest BCUT2D eigenvalue weighted by molar-refractivity contribution is -0.0528. The number of pyridine rings is 1. The maximum Gasteiger partial charge on any atom is 0.388 e. The summed E-state index contributed by atoms with van der Waals surface area (Å²) in [5.41, 5.74) is 7.66. The van der Waals surface area contributed by atoms with E-state index in [4.69, 9.17) is 10.5 Å². The molecule has 1 atom stereocenters. The third kappa shape index (κ3) is 5.41. The third-order valence-electron chi connectivity index (χ3n) is 3.72. The number of halogens is 3. The summed E-state index contributed by atoms with van der Waals surface area (Å²) >= 11 is 0. The molecule has 6 nitrogen and oxygen atoms in total. The van der Waals surface area contributed by atoms with E-state index in [9.17, 15) is 8.78 Å². The number of nitrogens with one attached hydrogen (secondary N) is 1. The van der Waals surface area contributed by atoms with Crippen LogP contribution < -0.4 is 20.5 Å². The van der Waals surface area contributed by atoms with Crippen molar-refractivity contribution in [3.63, 3.8) is 0 Å². The number of hydrogen-bond acceptors (Lipinski definition) is 4. The summed E-state index contributed by atoms with van der Waals surface area (Å²) in [7, 11) is 0. The Morgan fingerprint density at radius 2 is 2.19 bits per heavy atom. The van der Waals surface area contributed by atoms with Crippen molar-refractivity contribution in [1.82, 2.24) is 10.3 Å². The molecule has 0 spiro atoms. The molecule has 0 fully saturated rings. The molecule has 3 N–H and O–H groups in total. The Hall–Kier alpha value is -2.17. The molecule has 9 heteroatoms. The lowest BCUT2D eigenvalue weighted by Crippen LogP contribution is -2.37. The normalized spacial score (nSPS) is 16.3. The molecule has 2 aromatic rings. The van der Waals surface area contributed by atoms with E-state index in [-0.39, 0.29) is 48.4 Å². The number of ether oxygens (including phenoxy) is 2. The second-order valence-electron chi connectivity index (χ2n) is 5.45. The molecule has 0 bridgehead atoms. The minimum absolute atomic E-state index is 0. The summed E-state index contributed by atoms with van der Waals surface area (Å²) in [5.74, 6) is 0.962. The van der Waals surface area contributed by atoms with Crippen molar-refractivity contribution in [3.05, 3.63) is 53.7 Å². The van der Waals surface area contributed by atoms with Gasteiger partial charge in [-0.15, -0.1) is 24.0 Å². The first kappa shape index (κ1) is 20.1. The van der Waals surface area contributed by atoms with Gasteiger partial charge in [-0.05, 0) is 17.7 Å². The molecule has 2 heterocycles. The standard InChI is InChI=1S/C17H18F2N4O2.HI/c18-16(19)25-15-9-11(5-7-21-15)10-22-17(20)23-13-6-8-24-14-4-2-1-3-12(13)14;/h1-5,7,9,13,16H,6,8,10H2,(H3,20,22,23);1H. The number of alkyl halides is 2. The minimum atomic E-state index is -2.91. The van der Waals surface area contributed by atoms with Crippen molar-refractivity contribution in [3.8, 4) is 11.6 Å². The van der Waals surface area contributed by atoms with E-state index in [1.54, 1.807) is 6.07 Å². The number of rotatable bonds is 5. The van der Waals surface area contributed by atoms with E-state index in [0.717, 1.165) is 17.7 Å². The van der Waals surface area contributed by atoms with E-state index in [1.807, 2.05) is 24.3 Å². The van der Waals surface area contributed by atoms with Crippen LogP contribution in [0.4, 0.5) is 8.78 Å². The van der Waals surface area contributed by atoms with Crippen LogP contribution in [0.1, 0.15) is 23.6 Å². The maximum atomic E-state index is 12.2. The molecule has 26 heavy (non-hydrogen) atoms. The van der Waals surface area contributed by atoms with Crippen molar-refractivity contribution in [2.45, 2.75) is 25.6 Å². The molecular weight excluding hydrogens is 457 g/mol. The summed E-state index contributed by atoms with van der Waals surface area (Å²) in [6.07, 6.45) is 2.16. The number of hydrogen-bond donors (Lipinski definition) is 2. The van der Waals surface area contributed by atoms with Crippen LogP contribution in [0.25, 0.3) is 0 Å². The highest BCUT2D eigenvalue weighted by Crippen LogP contribution is 2.31. The zero-order valence-electron chi connectivity index (χ0n) is 13.8. The lowest BCUT2D eigenvalue weighted by Gasteiger charge is -2.26. The first-order valence-corrected chi connectivity index (χ1v) is 7.80. The van der Waals surface area contributed by atoms with Gasteiger partial charge in [0.05, 0.1) is 19.2 Å². The molecule has 1 aliphatic rings. The second-order valence-corrected chi connectivity index (χ2v) is 5.45. The molecule has 1 aromatic heterocycles. The molecule has 0 aliphatic carbocycles. The molecule has 140 valence electrons. The number of nitrogens with zero attached hydrogens (tertiary/aromatic N) is 2. The predicted molar refractivity (Wildman–Crippen MR) is 104 cm³/mol. The molecule has 0 amide bonds. The Morgan fingerprint density at radius 1 is 1.38 bits per heavy atom. The highest BCUT2D eigenvalue weighted by atomic mass is 127. The van der Waals surface area contributed by atoms with E-state index in [0.29, 0.717) is 12.2 Å². The highest BCUT2D eigenvalue weighted by Gasteiger charge is 2.21. The van der Waals surface area contributed by atoms with Crippen LogP contribution in [0.5, 0.6) is 11.6 Å². The summed E-state index contributed by atoms with van der Waals surface area (Å²) < 4.78 is 34.3. The number of guanidine groups is 1. The van der Waals surface area contributed by atoms with Gasteiger partial charge in [0.15, 0.2) is 5.96 Å². The van der Waals surface area contributed by atoms with Crippen LogP contribution >= 0.6 is 24.0 Å². The Balaban J connectivity index is 0.00000243. The topological polar surface area (TPSA) is 81.8 Å². The van der Waals surface area contributed by atoms with Gasteiger partial charge in [0.25, 0.3) is 0 Å². The summed E-state index contributed by atoms with van der Waals surface area (Å²) in [6.45, 7) is -2.08. The van der Waals surface area contributed by atoms with E-state index < -0.39 is 6.61 Å². The number of nitrogens with two attached hydrogens (primary N) is 1. The van der Waals surface area contributed by atoms with Gasteiger partial charge in [0.1, 0.15) is 5.75 Å². The van der Waals surface area contributed by atoms with Crippen molar-refractivity contribution < 1.29 is 18.3 Å². The second kappa shape index (κ2) is 9.51. The molecule has 0 radical (unpaired) electrons. The summed E-state index contributed by atoms with van der Waals surface area (Å²) in [5, 5.41) is 3.17. The van der Waals surface area contributed by atoms with Crippen molar-refractivity contribution in [1.29, 1.82) is 0 Å². The Labute approximate surface area is 166 Å². The SMILES string of the molecule is I.NC(=NCc1ccnc(OC(F)F)c1)NC1CCOc2ccccc21. The van der Waals surface area contributed by atoms with Crippen molar-refractivity contribution in [2.24, 2.45) is 10.7 Å². The minimum Gasteiger partial charge on any atom is -0.493 e. The molecule has 1 unspecified atom stereocenters. The Kier molecular flexibility index (Phi) is 7.37. The largest absolute Gasteiger partial charge is 0.493 e. The molecule has 3 rings (SSSR count). The number of benzene rings is 1. The fourth-order valence-corrected chi connectivity index (χ4v) is 2.60. The van der Waals surface area contributed by atoms with Crippen LogP contribution in [0.3, 0.4) is 0 Å². The number of para-hydroxylation sites is 1. The van der Waals surface area contributed by atoms with E-state index in [1.165, 1.54) is 12.3 Å². The first-order chi connectivity index (χ1) is 12.1. The number of aliphatic imine (C=N–C) groups is 1. The van der Waals surface area contributed by atoms with Gasteiger partial charge < -0.3 is 20.5 Å². The summed E-state index contributed by atoms with van der Waals surface area (Å²) in [4.78, 5) is 7.97. The van der Waals surface area contributed by atoms with Crippen LogP contribution in [0, 0.1) is 0 Å². The summed E-state index contributed by atoms with van der Waals surface area (Å²) in [6, 6.07) is 10.8. The quantitative estimate of drug-likeness (QED) is 0.394. The van der Waals surface area contributed by atoms with Gasteiger partial charge in [0, 0.05) is 24.2 Å². The number of fused-ring (bicyclic) bond motifs is 1. The van der Waals surface area contributed by atoms with Gasteiger partial charge >= 0.3 is 6.61 Å². The molecule has 1 aliphatic heterocycles. The van der Waals surface area contributed by atoms with Crippen LogP contribution in [0.2, 0.25) is 0 Å². The molecule has 1 aromatic carbocycles. The monoisotopic (exact) mass is 476 g/mol. The Morgan fingerprint density at radius 3 is 3.00 bits per heavy atom. The van der Waals surface area contributed by atoms with Crippen LogP contribution in [-0.4, -0.2) is 24.2 Å². The predicted octanol–water partition coefficient (Wildman–Crippen LogP) is 3.23. The van der Waals surface area contributed by atoms with Gasteiger partial charge in [-0.1, -0.05) is 18.2 Å². The molecule has 0 saturated carbocycles. The average Bonchev–Trinajstić information content (AvgIpc) is 2.60. The number of aromatic nitrogens is 1. The zero-order valence-corrected chi connectivity index (χ0v) is 16.1. The fraction of sp³-hybridized carbons (Fsp3) is 0.294. The zero-order chi connectivity index (χ0) is 17.6. The van der Waals surface area contributed by atoms with E-state index in [2.05, 4.69) is 20.0 Å². The smallest absolute Gasteiger partial charge is 0.388 e. The fourth-order valence-electron chi connectivity index (χ4n) is 2.60. The maximum absolute atomic E-state index is 12.2. The van der Waals surface area contributed by atoms with Gasteiger partial charge in [0.2, 0.25) is 5.88 Å². The van der Waals surface area contributed by atoms with Gasteiger partial charge in [-0.25, -0.2) is 9.98 Å². The molecular formula is C17H19F2IN4O2.